The Morgan fingerprint density at radius 2 is 2.06 bits per heavy atom. The number of terminal acetylenes is 1. The minimum Gasteiger partial charge on any atom is -0.478 e. The van der Waals surface area contributed by atoms with E-state index in [1.165, 1.54) is 0 Å². The summed E-state index contributed by atoms with van der Waals surface area (Å²) in [6.07, 6.45) is 0.0476. The van der Waals surface area contributed by atoms with Crippen molar-refractivity contribution in [1.29, 1.82) is 0 Å². The monoisotopic (exact) mass is 230 g/mol. The fraction of sp³-hybridized carbons (Fsp3) is 0.100. The number of alkyl halides is 3. The van der Waals surface area contributed by atoms with Gasteiger partial charge in [0.05, 0.1) is 0 Å². The van der Waals surface area contributed by atoms with Gasteiger partial charge >= 0.3 is 12.3 Å². The Hall–Kier alpha value is -2.16. The molecule has 1 N–H and O–H groups in total. The van der Waals surface area contributed by atoms with E-state index in [9.17, 15) is 18.0 Å². The van der Waals surface area contributed by atoms with E-state index in [1.54, 1.807) is 0 Å². The van der Waals surface area contributed by atoms with E-state index in [0.29, 0.717) is 0 Å². The minimum atomic E-state index is -4.94. The lowest BCUT2D eigenvalue weighted by Gasteiger charge is -2.11. The largest absolute Gasteiger partial charge is 0.573 e. The Bertz CT molecular complexity index is 457. The van der Waals surface area contributed by atoms with E-state index in [1.807, 2.05) is 0 Å². The van der Waals surface area contributed by atoms with Crippen LogP contribution in [0.25, 0.3) is 0 Å². The van der Waals surface area contributed by atoms with Crippen LogP contribution in [0.3, 0.4) is 0 Å². The smallest absolute Gasteiger partial charge is 0.478 e. The van der Waals surface area contributed by atoms with Crippen LogP contribution in [0.2, 0.25) is 0 Å². The predicted octanol–water partition coefficient (Wildman–Crippen LogP) is 2.26. The number of rotatable bonds is 2. The summed E-state index contributed by atoms with van der Waals surface area (Å²) < 4.78 is 39.3. The summed E-state index contributed by atoms with van der Waals surface area (Å²) in [6.45, 7) is 0. The van der Waals surface area contributed by atoms with Crippen LogP contribution in [0, 0.1) is 12.3 Å². The maximum atomic E-state index is 11.9. The first kappa shape index (κ1) is 11.9. The van der Waals surface area contributed by atoms with Crippen LogP contribution in [0.1, 0.15) is 15.9 Å². The third-order valence-corrected chi connectivity index (χ3v) is 1.60. The van der Waals surface area contributed by atoms with E-state index >= 15 is 0 Å². The molecule has 16 heavy (non-hydrogen) atoms. The number of hydrogen-bond donors (Lipinski definition) is 1. The molecule has 0 heterocycles. The van der Waals surface area contributed by atoms with Gasteiger partial charge in [-0.2, -0.15) is 0 Å². The van der Waals surface area contributed by atoms with Gasteiger partial charge in [0, 0.05) is 5.56 Å². The highest BCUT2D eigenvalue weighted by Crippen LogP contribution is 2.27. The average molecular weight is 230 g/mol. The first-order valence-corrected chi connectivity index (χ1v) is 3.93. The summed E-state index contributed by atoms with van der Waals surface area (Å²) in [5, 5.41) is 8.67. The number of halogens is 3. The van der Waals surface area contributed by atoms with E-state index in [-0.39, 0.29) is 5.56 Å². The highest BCUT2D eigenvalue weighted by Gasteiger charge is 2.33. The normalized spacial score (nSPS) is 10.6. The molecule has 1 aromatic carbocycles. The van der Waals surface area contributed by atoms with Crippen LogP contribution in [0.4, 0.5) is 13.2 Å². The van der Waals surface area contributed by atoms with Gasteiger partial charge in [-0.25, -0.2) is 4.79 Å². The molecular weight excluding hydrogens is 225 g/mol. The molecule has 0 spiro atoms. The topological polar surface area (TPSA) is 46.5 Å². The summed E-state index contributed by atoms with van der Waals surface area (Å²) in [7, 11) is 0. The van der Waals surface area contributed by atoms with Gasteiger partial charge in [0.15, 0.2) is 0 Å². The molecule has 0 fully saturated rings. The minimum absolute atomic E-state index is 0.159. The molecule has 0 unspecified atom stereocenters. The molecule has 0 atom stereocenters. The zero-order chi connectivity index (χ0) is 12.3. The lowest BCUT2D eigenvalue weighted by Crippen LogP contribution is -2.19. The fourth-order valence-corrected chi connectivity index (χ4v) is 1.00. The number of carboxylic acids is 1. The lowest BCUT2D eigenvalue weighted by atomic mass is 10.1. The van der Waals surface area contributed by atoms with E-state index < -0.39 is 23.6 Å². The van der Waals surface area contributed by atoms with Crippen LogP contribution in [-0.2, 0) is 0 Å². The Balaban J connectivity index is 3.20. The molecule has 0 radical (unpaired) electrons. The van der Waals surface area contributed by atoms with Gasteiger partial charge in [-0.1, -0.05) is 5.92 Å². The van der Waals surface area contributed by atoms with Crippen molar-refractivity contribution in [3.8, 4) is 18.1 Å². The second-order valence-corrected chi connectivity index (χ2v) is 2.71. The van der Waals surface area contributed by atoms with Crippen molar-refractivity contribution < 1.29 is 27.8 Å². The van der Waals surface area contributed by atoms with Gasteiger partial charge in [-0.3, -0.25) is 0 Å². The van der Waals surface area contributed by atoms with Gasteiger partial charge in [-0.15, -0.1) is 19.6 Å². The average Bonchev–Trinajstić information content (AvgIpc) is 2.15. The van der Waals surface area contributed by atoms with Gasteiger partial charge in [-0.05, 0) is 18.2 Å². The van der Waals surface area contributed by atoms with Crippen molar-refractivity contribution in [3.05, 3.63) is 29.3 Å². The van der Waals surface area contributed by atoms with Crippen molar-refractivity contribution in [2.75, 3.05) is 0 Å². The maximum Gasteiger partial charge on any atom is 0.573 e. The van der Waals surface area contributed by atoms with Crippen molar-refractivity contribution in [1.82, 2.24) is 0 Å². The van der Waals surface area contributed by atoms with Crippen LogP contribution in [0.15, 0.2) is 18.2 Å². The number of benzene rings is 1. The second kappa shape index (κ2) is 4.14. The highest BCUT2D eigenvalue weighted by molar-refractivity contribution is 5.91. The molecule has 0 aliphatic heterocycles. The molecule has 0 saturated carbocycles. The quantitative estimate of drug-likeness (QED) is 0.792. The highest BCUT2D eigenvalue weighted by atomic mass is 19.4. The summed E-state index contributed by atoms with van der Waals surface area (Å²) in [5.74, 6) is -0.225. The standard InChI is InChI=1S/C10H5F3O3/c1-2-6-3-4-8(16-10(11,12)13)7(5-6)9(14)15/h1,3-5H,(H,14,15). The third-order valence-electron chi connectivity index (χ3n) is 1.60. The van der Waals surface area contributed by atoms with E-state index in [0.717, 1.165) is 18.2 Å². The van der Waals surface area contributed by atoms with E-state index in [4.69, 9.17) is 11.5 Å². The number of carbonyl (C=O) groups is 1. The molecule has 0 aliphatic carbocycles. The zero-order valence-electron chi connectivity index (χ0n) is 7.71. The molecule has 1 aromatic rings. The molecule has 0 aliphatic rings. The van der Waals surface area contributed by atoms with E-state index in [2.05, 4.69) is 10.7 Å². The fourth-order valence-electron chi connectivity index (χ4n) is 1.00. The van der Waals surface area contributed by atoms with Gasteiger partial charge in [0.2, 0.25) is 0 Å². The van der Waals surface area contributed by atoms with Crippen molar-refractivity contribution in [2.45, 2.75) is 6.36 Å². The lowest BCUT2D eigenvalue weighted by molar-refractivity contribution is -0.274. The Morgan fingerprint density at radius 1 is 1.44 bits per heavy atom. The van der Waals surface area contributed by atoms with Crippen molar-refractivity contribution in [3.63, 3.8) is 0 Å². The summed E-state index contributed by atoms with van der Waals surface area (Å²) in [4.78, 5) is 10.7. The first-order chi connectivity index (χ1) is 7.33. The molecule has 3 nitrogen and oxygen atoms in total. The summed E-state index contributed by atoms with van der Waals surface area (Å²) >= 11 is 0. The predicted molar refractivity (Wildman–Crippen MR) is 48.0 cm³/mol. The van der Waals surface area contributed by atoms with Crippen molar-refractivity contribution >= 4 is 5.97 Å². The van der Waals surface area contributed by atoms with Crippen LogP contribution in [-0.4, -0.2) is 17.4 Å². The molecule has 0 bridgehead atoms. The summed E-state index contributed by atoms with van der Waals surface area (Å²) in [6, 6.07) is 2.96. The Labute approximate surface area is 88.5 Å². The number of ether oxygens (including phenoxy) is 1. The molecular formula is C10H5F3O3. The molecule has 1 rings (SSSR count). The van der Waals surface area contributed by atoms with Crippen molar-refractivity contribution in [2.24, 2.45) is 0 Å². The molecule has 0 amide bonds. The Morgan fingerprint density at radius 3 is 2.50 bits per heavy atom. The molecule has 0 saturated heterocycles. The molecule has 84 valence electrons. The first-order valence-electron chi connectivity index (χ1n) is 3.93. The third kappa shape index (κ3) is 2.92. The molecule has 0 aromatic heterocycles. The SMILES string of the molecule is C#Cc1ccc(OC(F)(F)F)c(C(=O)O)c1. The van der Waals surface area contributed by atoms with Crippen LogP contribution >= 0.6 is 0 Å². The number of hydrogen-bond acceptors (Lipinski definition) is 2. The Kier molecular flexibility index (Phi) is 3.09. The number of carboxylic acid groups (broad SMARTS) is 1. The maximum absolute atomic E-state index is 11.9. The van der Waals surface area contributed by atoms with Gasteiger partial charge < -0.3 is 9.84 Å². The second-order valence-electron chi connectivity index (χ2n) is 2.71. The summed E-state index contributed by atoms with van der Waals surface area (Å²) in [5.41, 5.74) is -0.473. The molecule has 6 heteroatoms. The van der Waals surface area contributed by atoms with Crippen LogP contribution in [0.5, 0.6) is 5.75 Å². The van der Waals surface area contributed by atoms with Crippen LogP contribution < -0.4 is 4.74 Å². The number of aromatic carboxylic acids is 1. The van der Waals surface area contributed by atoms with Gasteiger partial charge in [0.25, 0.3) is 0 Å². The van der Waals surface area contributed by atoms with Gasteiger partial charge in [0.1, 0.15) is 11.3 Å². The zero-order valence-corrected chi connectivity index (χ0v) is 7.71.